The van der Waals surface area contributed by atoms with Gasteiger partial charge in [-0.3, -0.25) is 4.79 Å². The molecule has 1 aromatic rings. The van der Waals surface area contributed by atoms with E-state index in [1.807, 2.05) is 12.1 Å². The quantitative estimate of drug-likeness (QED) is 0.825. The zero-order valence-corrected chi connectivity index (χ0v) is 13.0. The third-order valence-electron chi connectivity index (χ3n) is 3.01. The Bertz CT molecular complexity index is 416. The third kappa shape index (κ3) is 5.17. The molecule has 0 saturated carbocycles. The average Bonchev–Trinajstić information content (AvgIpc) is 2.42. The fourth-order valence-electron chi connectivity index (χ4n) is 1.93. The van der Waals surface area contributed by atoms with Gasteiger partial charge in [0.25, 0.3) is 0 Å². The first-order chi connectivity index (χ1) is 9.43. The summed E-state index contributed by atoms with van der Waals surface area (Å²) in [6, 6.07) is 3.61. The minimum atomic E-state index is -0.160. The first-order valence-electron chi connectivity index (χ1n) is 6.87. The molecule has 20 heavy (non-hydrogen) atoms. The van der Waals surface area contributed by atoms with Gasteiger partial charge < -0.3 is 15.0 Å². The highest BCUT2D eigenvalue weighted by Crippen LogP contribution is 2.10. The van der Waals surface area contributed by atoms with Crippen LogP contribution in [0.3, 0.4) is 0 Å². The highest BCUT2D eigenvalue weighted by molar-refractivity contribution is 5.81. The average molecular weight is 279 g/mol. The van der Waals surface area contributed by atoms with E-state index < -0.39 is 0 Å². The lowest BCUT2D eigenvalue weighted by molar-refractivity contribution is -0.131. The number of carbonyl (C=O) groups excluding carboxylic acids is 1. The van der Waals surface area contributed by atoms with Gasteiger partial charge in [-0.2, -0.15) is 0 Å². The third-order valence-corrected chi connectivity index (χ3v) is 3.01. The highest BCUT2D eigenvalue weighted by atomic mass is 16.5. The van der Waals surface area contributed by atoms with Crippen LogP contribution in [-0.4, -0.2) is 43.0 Å². The van der Waals surface area contributed by atoms with Crippen molar-refractivity contribution in [3.05, 3.63) is 23.9 Å². The van der Waals surface area contributed by atoms with Crippen molar-refractivity contribution in [2.24, 2.45) is 5.92 Å². The number of nitrogens with one attached hydrogen (secondary N) is 1. The first kappa shape index (κ1) is 16.4. The van der Waals surface area contributed by atoms with E-state index in [2.05, 4.69) is 24.1 Å². The molecule has 5 nitrogen and oxygen atoms in total. The Hall–Kier alpha value is -1.62. The smallest absolute Gasteiger partial charge is 0.239 e. The fourth-order valence-corrected chi connectivity index (χ4v) is 1.93. The molecule has 0 bridgehead atoms. The number of carbonyl (C=O) groups is 1. The largest absolute Gasteiger partial charge is 0.481 e. The second-order valence-electron chi connectivity index (χ2n) is 5.50. The molecule has 1 heterocycles. The molecule has 0 radical (unpaired) electrons. The summed E-state index contributed by atoms with van der Waals surface area (Å²) in [7, 11) is 5.16. The van der Waals surface area contributed by atoms with Crippen molar-refractivity contribution in [1.29, 1.82) is 0 Å². The van der Waals surface area contributed by atoms with Crippen molar-refractivity contribution >= 4 is 5.91 Å². The Morgan fingerprint density at radius 1 is 1.40 bits per heavy atom. The maximum atomic E-state index is 12.1. The van der Waals surface area contributed by atoms with Gasteiger partial charge >= 0.3 is 0 Å². The molecule has 0 spiro atoms. The molecule has 1 unspecified atom stereocenters. The van der Waals surface area contributed by atoms with Gasteiger partial charge in [-0.15, -0.1) is 0 Å². The van der Waals surface area contributed by atoms with Gasteiger partial charge in [0, 0.05) is 32.9 Å². The van der Waals surface area contributed by atoms with Crippen molar-refractivity contribution < 1.29 is 9.53 Å². The van der Waals surface area contributed by atoms with Crippen LogP contribution in [0.1, 0.15) is 25.8 Å². The number of amides is 1. The lowest BCUT2D eigenvalue weighted by Crippen LogP contribution is -2.44. The Balaban J connectivity index is 2.62. The maximum Gasteiger partial charge on any atom is 0.239 e. The summed E-state index contributed by atoms with van der Waals surface area (Å²) >= 11 is 0. The Morgan fingerprint density at radius 3 is 2.55 bits per heavy atom. The zero-order valence-electron chi connectivity index (χ0n) is 13.0. The monoisotopic (exact) mass is 279 g/mol. The molecule has 0 aliphatic carbocycles. The standard InChI is InChI=1S/C15H25N3O2/c1-11(2)8-13(15(19)18(3)4)16-9-12-6-7-14(20-5)17-10-12/h6-7,10-11,13,16H,8-9H2,1-5H3. The molecule has 0 aromatic carbocycles. The van der Waals surface area contributed by atoms with E-state index in [0.717, 1.165) is 12.0 Å². The summed E-state index contributed by atoms with van der Waals surface area (Å²) in [6.45, 7) is 4.85. The van der Waals surface area contributed by atoms with Crippen LogP contribution in [0.25, 0.3) is 0 Å². The topological polar surface area (TPSA) is 54.5 Å². The van der Waals surface area contributed by atoms with Crippen molar-refractivity contribution in [3.8, 4) is 5.88 Å². The molecule has 1 N–H and O–H groups in total. The van der Waals surface area contributed by atoms with Crippen LogP contribution in [0.4, 0.5) is 0 Å². The van der Waals surface area contributed by atoms with Crippen molar-refractivity contribution in [3.63, 3.8) is 0 Å². The number of pyridine rings is 1. The van der Waals surface area contributed by atoms with Gasteiger partial charge in [0.2, 0.25) is 11.8 Å². The number of rotatable bonds is 7. The SMILES string of the molecule is COc1ccc(CNC(CC(C)C)C(=O)N(C)C)cn1. The van der Waals surface area contributed by atoms with Crippen LogP contribution in [0.15, 0.2) is 18.3 Å². The normalized spacial score (nSPS) is 12.3. The molecule has 1 aromatic heterocycles. The molecular formula is C15H25N3O2. The molecule has 1 rings (SSSR count). The van der Waals surface area contributed by atoms with Gasteiger partial charge in [-0.05, 0) is 17.9 Å². The van der Waals surface area contributed by atoms with E-state index in [1.165, 1.54) is 0 Å². The second-order valence-corrected chi connectivity index (χ2v) is 5.50. The summed E-state index contributed by atoms with van der Waals surface area (Å²) in [5.74, 6) is 1.17. The molecule has 112 valence electrons. The predicted molar refractivity (Wildman–Crippen MR) is 79.6 cm³/mol. The zero-order chi connectivity index (χ0) is 15.1. The van der Waals surface area contributed by atoms with Crippen molar-refractivity contribution in [2.75, 3.05) is 21.2 Å². The van der Waals surface area contributed by atoms with Crippen LogP contribution in [-0.2, 0) is 11.3 Å². The van der Waals surface area contributed by atoms with Crippen molar-refractivity contribution in [2.45, 2.75) is 32.9 Å². The molecular weight excluding hydrogens is 254 g/mol. The van der Waals surface area contributed by atoms with Crippen LogP contribution in [0.2, 0.25) is 0 Å². The molecule has 0 aliphatic rings. The minimum Gasteiger partial charge on any atom is -0.481 e. The molecule has 0 saturated heterocycles. The summed E-state index contributed by atoms with van der Waals surface area (Å²) in [5, 5.41) is 3.31. The minimum absolute atomic E-state index is 0.111. The van der Waals surface area contributed by atoms with Crippen LogP contribution in [0.5, 0.6) is 5.88 Å². The summed E-state index contributed by atoms with van der Waals surface area (Å²) in [5.41, 5.74) is 1.03. The lowest BCUT2D eigenvalue weighted by Gasteiger charge is -2.23. The van der Waals surface area contributed by atoms with Gasteiger partial charge in [0.1, 0.15) is 0 Å². The first-order valence-corrected chi connectivity index (χ1v) is 6.87. The molecule has 1 atom stereocenters. The van der Waals surface area contributed by atoms with Gasteiger partial charge in [0.15, 0.2) is 0 Å². The predicted octanol–water partition coefficient (Wildman–Crippen LogP) is 1.68. The Kier molecular flexibility index (Phi) is 6.45. The number of aromatic nitrogens is 1. The number of hydrogen-bond acceptors (Lipinski definition) is 4. The van der Waals surface area contributed by atoms with Crippen LogP contribution >= 0.6 is 0 Å². The number of likely N-dealkylation sites (N-methyl/N-ethyl adjacent to an activating group) is 1. The van der Waals surface area contributed by atoms with E-state index in [9.17, 15) is 4.79 Å². The Morgan fingerprint density at radius 2 is 2.10 bits per heavy atom. The number of nitrogens with zero attached hydrogens (tertiary/aromatic N) is 2. The van der Waals surface area contributed by atoms with Gasteiger partial charge in [-0.25, -0.2) is 4.98 Å². The van der Waals surface area contributed by atoms with Gasteiger partial charge in [0.05, 0.1) is 13.2 Å². The lowest BCUT2D eigenvalue weighted by atomic mass is 10.0. The second kappa shape index (κ2) is 7.85. The maximum absolute atomic E-state index is 12.1. The van der Waals surface area contributed by atoms with Gasteiger partial charge in [-0.1, -0.05) is 19.9 Å². The number of ether oxygens (including phenoxy) is 1. The van der Waals surface area contributed by atoms with E-state index in [1.54, 1.807) is 32.3 Å². The summed E-state index contributed by atoms with van der Waals surface area (Å²) < 4.78 is 5.02. The highest BCUT2D eigenvalue weighted by Gasteiger charge is 2.20. The van der Waals surface area contributed by atoms with Crippen LogP contribution in [0, 0.1) is 5.92 Å². The van der Waals surface area contributed by atoms with E-state index in [4.69, 9.17) is 4.74 Å². The number of methoxy groups -OCH3 is 1. The molecule has 1 amide bonds. The molecule has 0 fully saturated rings. The summed E-state index contributed by atoms with van der Waals surface area (Å²) in [6.07, 6.45) is 2.58. The number of hydrogen-bond donors (Lipinski definition) is 1. The van der Waals surface area contributed by atoms with Crippen molar-refractivity contribution in [1.82, 2.24) is 15.2 Å². The Labute approximate surface area is 121 Å². The van der Waals surface area contributed by atoms with Crippen LogP contribution < -0.4 is 10.1 Å². The van der Waals surface area contributed by atoms with E-state index in [-0.39, 0.29) is 11.9 Å². The van der Waals surface area contributed by atoms with E-state index >= 15 is 0 Å². The molecule has 5 heteroatoms. The summed E-state index contributed by atoms with van der Waals surface area (Å²) in [4.78, 5) is 17.9. The molecule has 0 aliphatic heterocycles. The van der Waals surface area contributed by atoms with E-state index in [0.29, 0.717) is 18.3 Å². The fraction of sp³-hybridized carbons (Fsp3) is 0.600.